The lowest BCUT2D eigenvalue weighted by atomic mass is 10.0. The van der Waals surface area contributed by atoms with Gasteiger partial charge < -0.3 is 19.7 Å². The lowest BCUT2D eigenvalue weighted by Crippen LogP contribution is -2.55. The van der Waals surface area contributed by atoms with E-state index < -0.39 is 30.4 Å². The molecular weight excluding hydrogens is 164 g/mol. The van der Waals surface area contributed by atoms with Crippen molar-refractivity contribution < 1.29 is 24.5 Å². The van der Waals surface area contributed by atoms with Crippen LogP contribution in [0.25, 0.3) is 0 Å². The Labute approximate surface area is 69.9 Å². The fraction of sp³-hybridized carbons (Fsp3) is 0.857. The van der Waals surface area contributed by atoms with Gasteiger partial charge in [0.15, 0.2) is 6.10 Å². The Balaban J connectivity index is 2.72. The van der Waals surface area contributed by atoms with Crippen molar-refractivity contribution in [2.75, 3.05) is 7.11 Å². The van der Waals surface area contributed by atoms with Crippen molar-refractivity contribution in [2.45, 2.75) is 31.3 Å². The fourth-order valence-corrected chi connectivity index (χ4v) is 1.25. The van der Waals surface area contributed by atoms with E-state index >= 15 is 0 Å². The molecule has 1 aliphatic heterocycles. The summed E-state index contributed by atoms with van der Waals surface area (Å²) in [6.07, 6.45) is -3.88. The first-order valence-electron chi connectivity index (χ1n) is 3.67. The van der Waals surface area contributed by atoms with Crippen molar-refractivity contribution in [1.29, 1.82) is 0 Å². The van der Waals surface area contributed by atoms with Gasteiger partial charge in [0.2, 0.25) is 0 Å². The third-order valence-corrected chi connectivity index (χ3v) is 1.94. The van der Waals surface area contributed by atoms with Crippen LogP contribution in [-0.4, -0.2) is 47.7 Å². The lowest BCUT2D eigenvalue weighted by Gasteiger charge is -2.34. The van der Waals surface area contributed by atoms with Gasteiger partial charge in [0.1, 0.15) is 18.3 Å². The first-order valence-corrected chi connectivity index (χ1v) is 3.67. The van der Waals surface area contributed by atoms with Crippen molar-refractivity contribution in [3.8, 4) is 0 Å². The number of aliphatic hydroxyl groups is 2. The molecule has 0 radical (unpaired) electrons. The Morgan fingerprint density at radius 1 is 1.50 bits per heavy atom. The predicted molar refractivity (Wildman–Crippen MR) is 38.4 cm³/mol. The van der Waals surface area contributed by atoms with Crippen LogP contribution >= 0.6 is 0 Å². The molecule has 1 fully saturated rings. The maximum Gasteiger partial charge on any atom is 0.338 e. The van der Waals surface area contributed by atoms with Gasteiger partial charge in [-0.05, 0) is 6.92 Å². The number of hydrogen-bond donors (Lipinski definition) is 2. The summed E-state index contributed by atoms with van der Waals surface area (Å²) in [4.78, 5) is 10.8. The molecule has 1 heterocycles. The van der Waals surface area contributed by atoms with Gasteiger partial charge in [-0.3, -0.25) is 0 Å². The number of ether oxygens (including phenoxy) is 2. The van der Waals surface area contributed by atoms with Gasteiger partial charge in [0, 0.05) is 7.11 Å². The van der Waals surface area contributed by atoms with Crippen LogP contribution in [0.4, 0.5) is 0 Å². The first-order chi connectivity index (χ1) is 5.57. The van der Waals surface area contributed by atoms with Gasteiger partial charge in [-0.1, -0.05) is 0 Å². The monoisotopic (exact) mass is 176 g/mol. The average molecular weight is 176 g/mol. The Morgan fingerprint density at radius 3 is 2.58 bits per heavy atom. The summed E-state index contributed by atoms with van der Waals surface area (Å²) in [7, 11) is 1.39. The van der Waals surface area contributed by atoms with Gasteiger partial charge in [-0.2, -0.15) is 0 Å². The molecule has 5 nitrogen and oxygen atoms in total. The molecule has 1 rings (SSSR count). The van der Waals surface area contributed by atoms with Gasteiger partial charge in [0.25, 0.3) is 0 Å². The molecule has 5 heteroatoms. The number of cyclic esters (lactones) is 1. The third-order valence-electron chi connectivity index (χ3n) is 1.94. The summed E-state index contributed by atoms with van der Waals surface area (Å²) in [6, 6.07) is 0. The summed E-state index contributed by atoms with van der Waals surface area (Å²) in [6.45, 7) is 1.60. The van der Waals surface area contributed by atoms with E-state index in [1.165, 1.54) is 7.11 Å². The van der Waals surface area contributed by atoms with E-state index in [4.69, 9.17) is 14.6 Å². The zero-order valence-corrected chi connectivity index (χ0v) is 6.93. The first kappa shape index (κ1) is 9.44. The maximum atomic E-state index is 10.8. The SMILES string of the molecule is CO[C@@H]1C(O)C(O)C(=O)O[C@H]1C. The smallest absolute Gasteiger partial charge is 0.338 e. The van der Waals surface area contributed by atoms with E-state index in [0.29, 0.717) is 0 Å². The van der Waals surface area contributed by atoms with E-state index in [0.717, 1.165) is 0 Å². The van der Waals surface area contributed by atoms with Crippen LogP contribution in [0, 0.1) is 0 Å². The van der Waals surface area contributed by atoms with Crippen LogP contribution in [0.3, 0.4) is 0 Å². The van der Waals surface area contributed by atoms with Crippen molar-refractivity contribution >= 4 is 5.97 Å². The molecule has 0 spiro atoms. The van der Waals surface area contributed by atoms with Gasteiger partial charge >= 0.3 is 5.97 Å². The highest BCUT2D eigenvalue weighted by Gasteiger charge is 2.42. The van der Waals surface area contributed by atoms with Gasteiger partial charge in [0.05, 0.1) is 0 Å². The Bertz CT molecular complexity index is 181. The molecule has 4 atom stereocenters. The van der Waals surface area contributed by atoms with Gasteiger partial charge in [-0.25, -0.2) is 4.79 Å². The van der Waals surface area contributed by atoms with Crippen LogP contribution in [0.5, 0.6) is 0 Å². The Hall–Kier alpha value is -0.650. The number of methoxy groups -OCH3 is 1. The highest BCUT2D eigenvalue weighted by atomic mass is 16.6. The second kappa shape index (κ2) is 3.38. The highest BCUT2D eigenvalue weighted by molar-refractivity contribution is 5.76. The van der Waals surface area contributed by atoms with Crippen LogP contribution < -0.4 is 0 Å². The molecule has 1 aliphatic rings. The molecule has 0 amide bonds. The largest absolute Gasteiger partial charge is 0.458 e. The summed E-state index contributed by atoms with van der Waals surface area (Å²) >= 11 is 0. The molecule has 0 aromatic carbocycles. The number of rotatable bonds is 1. The minimum atomic E-state index is -1.49. The summed E-state index contributed by atoms with van der Waals surface area (Å²) < 4.78 is 9.55. The van der Waals surface area contributed by atoms with E-state index in [-0.39, 0.29) is 0 Å². The average Bonchev–Trinajstić information content (AvgIpc) is 2.01. The van der Waals surface area contributed by atoms with E-state index in [9.17, 15) is 9.90 Å². The van der Waals surface area contributed by atoms with Gasteiger partial charge in [-0.15, -0.1) is 0 Å². The molecule has 12 heavy (non-hydrogen) atoms. The van der Waals surface area contributed by atoms with Crippen molar-refractivity contribution in [3.63, 3.8) is 0 Å². The molecule has 0 saturated carbocycles. The molecule has 0 aliphatic carbocycles. The molecule has 0 aromatic heterocycles. The minimum absolute atomic E-state index is 0.527. The number of esters is 1. The molecule has 0 aromatic rings. The van der Waals surface area contributed by atoms with Crippen LogP contribution in [-0.2, 0) is 14.3 Å². The second-order valence-electron chi connectivity index (χ2n) is 2.78. The van der Waals surface area contributed by atoms with Crippen LogP contribution in [0.15, 0.2) is 0 Å². The Morgan fingerprint density at radius 2 is 2.08 bits per heavy atom. The lowest BCUT2D eigenvalue weighted by molar-refractivity contribution is -0.203. The minimum Gasteiger partial charge on any atom is -0.458 e. The van der Waals surface area contributed by atoms with Crippen molar-refractivity contribution in [3.05, 3.63) is 0 Å². The Kier molecular flexibility index (Phi) is 2.66. The molecule has 2 unspecified atom stereocenters. The topological polar surface area (TPSA) is 76.0 Å². The highest BCUT2D eigenvalue weighted by Crippen LogP contribution is 2.18. The second-order valence-corrected chi connectivity index (χ2v) is 2.78. The van der Waals surface area contributed by atoms with Crippen LogP contribution in [0.2, 0.25) is 0 Å². The molecule has 70 valence electrons. The maximum absolute atomic E-state index is 10.8. The summed E-state index contributed by atoms with van der Waals surface area (Å²) in [5, 5.41) is 18.4. The fourth-order valence-electron chi connectivity index (χ4n) is 1.25. The van der Waals surface area contributed by atoms with Crippen LogP contribution in [0.1, 0.15) is 6.92 Å². The third kappa shape index (κ3) is 1.43. The zero-order valence-electron chi connectivity index (χ0n) is 6.93. The van der Waals surface area contributed by atoms with E-state index in [1.54, 1.807) is 6.92 Å². The van der Waals surface area contributed by atoms with E-state index in [1.807, 2.05) is 0 Å². The summed E-state index contributed by atoms with van der Waals surface area (Å²) in [5.74, 6) is -0.802. The molecule has 2 N–H and O–H groups in total. The molecule has 0 bridgehead atoms. The molecular formula is C7H12O5. The summed E-state index contributed by atoms with van der Waals surface area (Å²) in [5.41, 5.74) is 0. The quantitative estimate of drug-likeness (QED) is 0.484. The molecule has 1 saturated heterocycles. The zero-order chi connectivity index (χ0) is 9.30. The van der Waals surface area contributed by atoms with E-state index in [2.05, 4.69) is 0 Å². The number of carbonyl (C=O) groups is 1. The standard InChI is InChI=1S/C7H12O5/c1-3-6(11-2)4(8)5(9)7(10)12-3/h3-6,8-9H,1-2H3/t3-,4?,5?,6-/m0/s1. The number of hydrogen-bond acceptors (Lipinski definition) is 5. The van der Waals surface area contributed by atoms with Crippen molar-refractivity contribution in [2.24, 2.45) is 0 Å². The predicted octanol–water partition coefficient (Wildman–Crippen LogP) is -1.33. The number of aliphatic hydroxyl groups excluding tert-OH is 2. The van der Waals surface area contributed by atoms with Crippen molar-refractivity contribution in [1.82, 2.24) is 0 Å². The normalized spacial score (nSPS) is 42.5. The number of carbonyl (C=O) groups excluding carboxylic acids is 1.